The highest BCUT2D eigenvalue weighted by atomic mass is 16.5. The van der Waals surface area contributed by atoms with Gasteiger partial charge in [-0.2, -0.15) is 5.26 Å². The molecule has 1 unspecified atom stereocenters. The van der Waals surface area contributed by atoms with Crippen molar-refractivity contribution in [2.45, 2.75) is 58.2 Å². The molecule has 0 heterocycles. The van der Waals surface area contributed by atoms with Gasteiger partial charge in [-0.3, -0.25) is 5.32 Å². The molecule has 0 aliphatic heterocycles. The van der Waals surface area contributed by atoms with Gasteiger partial charge < -0.3 is 9.84 Å². The Hall–Kier alpha value is -1.57. The Morgan fingerprint density at radius 2 is 1.95 bits per heavy atom. The highest BCUT2D eigenvalue weighted by molar-refractivity contribution is 5.26. The molecular formula is C17H26N2O2. The first kappa shape index (κ1) is 17.5. The van der Waals surface area contributed by atoms with Crippen LogP contribution in [0.1, 0.15) is 45.6 Å². The maximum Gasteiger partial charge on any atom is 0.119 e. The van der Waals surface area contributed by atoms with Gasteiger partial charge in [-0.1, -0.05) is 12.1 Å². The second-order valence-electron chi connectivity index (χ2n) is 5.85. The molecule has 21 heavy (non-hydrogen) atoms. The first-order valence-electron chi connectivity index (χ1n) is 7.50. The number of nitrogens with zero attached hydrogens (tertiary/aromatic N) is 1. The highest BCUT2D eigenvalue weighted by Crippen LogP contribution is 2.16. The monoisotopic (exact) mass is 290 g/mol. The predicted molar refractivity (Wildman–Crippen MR) is 84.0 cm³/mol. The molecule has 1 aromatic carbocycles. The van der Waals surface area contributed by atoms with E-state index in [1.807, 2.05) is 31.2 Å². The minimum atomic E-state index is -0.461. The summed E-state index contributed by atoms with van der Waals surface area (Å²) in [6.07, 6.45) is 2.67. The summed E-state index contributed by atoms with van der Waals surface area (Å²) in [6, 6.07) is 10.1. The zero-order valence-corrected chi connectivity index (χ0v) is 13.2. The Bertz CT molecular complexity index is 451. The van der Waals surface area contributed by atoms with E-state index in [1.165, 1.54) is 0 Å². The molecule has 0 aliphatic rings. The van der Waals surface area contributed by atoms with Crippen LogP contribution in [-0.4, -0.2) is 23.3 Å². The fourth-order valence-electron chi connectivity index (χ4n) is 2.26. The van der Waals surface area contributed by atoms with E-state index in [2.05, 4.69) is 25.2 Å². The molecule has 1 atom stereocenters. The summed E-state index contributed by atoms with van der Waals surface area (Å²) < 4.78 is 5.65. The molecule has 1 aromatic rings. The normalized spacial score (nSPS) is 13.7. The lowest BCUT2D eigenvalue weighted by Gasteiger charge is -2.25. The van der Waals surface area contributed by atoms with E-state index in [4.69, 9.17) is 9.84 Å². The third kappa shape index (κ3) is 6.61. The van der Waals surface area contributed by atoms with Crippen molar-refractivity contribution in [3.63, 3.8) is 0 Å². The van der Waals surface area contributed by atoms with Crippen LogP contribution in [0.4, 0.5) is 0 Å². The summed E-state index contributed by atoms with van der Waals surface area (Å²) in [5.41, 5.74) is 0.420. The third-order valence-electron chi connectivity index (χ3n) is 3.30. The lowest BCUT2D eigenvalue weighted by atomic mass is 9.96. The maximum absolute atomic E-state index is 9.25. The molecule has 0 aromatic heterocycles. The number of hydrogen-bond acceptors (Lipinski definition) is 4. The summed E-state index contributed by atoms with van der Waals surface area (Å²) in [4.78, 5) is 0. The second-order valence-corrected chi connectivity index (χ2v) is 5.85. The lowest BCUT2D eigenvalue weighted by molar-refractivity contribution is 0.280. The van der Waals surface area contributed by atoms with Gasteiger partial charge in [-0.05, 0) is 57.7 Å². The van der Waals surface area contributed by atoms with E-state index in [9.17, 15) is 5.26 Å². The van der Waals surface area contributed by atoms with Crippen LogP contribution in [0.5, 0.6) is 5.75 Å². The number of rotatable bonds is 9. The van der Waals surface area contributed by atoms with Crippen molar-refractivity contribution in [1.82, 2.24) is 5.32 Å². The molecule has 0 fully saturated rings. The quantitative estimate of drug-likeness (QED) is 0.686. The van der Waals surface area contributed by atoms with Gasteiger partial charge in [0.2, 0.25) is 0 Å². The van der Waals surface area contributed by atoms with Gasteiger partial charge in [0.15, 0.2) is 0 Å². The predicted octanol–water partition coefficient (Wildman–Crippen LogP) is 3.01. The van der Waals surface area contributed by atoms with Gasteiger partial charge in [0.1, 0.15) is 11.3 Å². The number of nitriles is 1. The standard InChI is InChI=1S/C17H26N2O2/c1-14(2)19-17(3,13-18)10-4-5-11-21-16-8-6-15(12-20)7-9-16/h6-9,14,19-20H,4-5,10-12H2,1-3H3. The third-order valence-corrected chi connectivity index (χ3v) is 3.30. The Kier molecular flexibility index (Phi) is 7.21. The summed E-state index contributed by atoms with van der Waals surface area (Å²) in [6.45, 7) is 6.74. The zero-order chi connectivity index (χ0) is 15.7. The van der Waals surface area contributed by atoms with Gasteiger partial charge in [-0.15, -0.1) is 0 Å². The van der Waals surface area contributed by atoms with Gasteiger partial charge >= 0.3 is 0 Å². The van der Waals surface area contributed by atoms with E-state index in [-0.39, 0.29) is 6.61 Å². The van der Waals surface area contributed by atoms with Gasteiger partial charge in [-0.25, -0.2) is 0 Å². The molecule has 0 spiro atoms. The molecule has 0 bridgehead atoms. The van der Waals surface area contributed by atoms with Crippen molar-refractivity contribution in [3.8, 4) is 11.8 Å². The van der Waals surface area contributed by atoms with Crippen LogP contribution in [0.3, 0.4) is 0 Å². The first-order chi connectivity index (χ1) is 9.99. The van der Waals surface area contributed by atoms with E-state index in [1.54, 1.807) is 0 Å². The molecule has 0 radical (unpaired) electrons. The first-order valence-corrected chi connectivity index (χ1v) is 7.50. The van der Waals surface area contributed by atoms with E-state index < -0.39 is 5.54 Å². The highest BCUT2D eigenvalue weighted by Gasteiger charge is 2.23. The van der Waals surface area contributed by atoms with Crippen molar-refractivity contribution in [2.24, 2.45) is 0 Å². The van der Waals surface area contributed by atoms with E-state index in [0.29, 0.717) is 12.6 Å². The van der Waals surface area contributed by atoms with Crippen LogP contribution in [-0.2, 0) is 6.61 Å². The Morgan fingerprint density at radius 1 is 1.29 bits per heavy atom. The summed E-state index contributed by atoms with van der Waals surface area (Å²) in [7, 11) is 0. The van der Waals surface area contributed by atoms with Crippen molar-refractivity contribution in [1.29, 1.82) is 5.26 Å². The van der Waals surface area contributed by atoms with Crippen LogP contribution in [0.2, 0.25) is 0 Å². The molecule has 0 aliphatic carbocycles. The van der Waals surface area contributed by atoms with E-state index >= 15 is 0 Å². The smallest absolute Gasteiger partial charge is 0.119 e. The molecule has 0 saturated carbocycles. The zero-order valence-electron chi connectivity index (χ0n) is 13.2. The van der Waals surface area contributed by atoms with Gasteiger partial charge in [0.25, 0.3) is 0 Å². The Morgan fingerprint density at radius 3 is 2.48 bits per heavy atom. The fourth-order valence-corrected chi connectivity index (χ4v) is 2.26. The topological polar surface area (TPSA) is 65.3 Å². The van der Waals surface area contributed by atoms with Crippen LogP contribution in [0.25, 0.3) is 0 Å². The molecule has 0 saturated heterocycles. The number of benzene rings is 1. The number of unbranched alkanes of at least 4 members (excludes halogenated alkanes) is 1. The summed E-state index contributed by atoms with van der Waals surface area (Å²) >= 11 is 0. The molecule has 0 amide bonds. The van der Waals surface area contributed by atoms with Crippen molar-refractivity contribution in [3.05, 3.63) is 29.8 Å². The lowest BCUT2D eigenvalue weighted by Crippen LogP contribution is -2.44. The average molecular weight is 290 g/mol. The van der Waals surface area contributed by atoms with Crippen LogP contribution >= 0.6 is 0 Å². The molecule has 2 N–H and O–H groups in total. The summed E-state index contributed by atoms with van der Waals surface area (Å²) in [5.74, 6) is 0.815. The average Bonchev–Trinajstić information content (AvgIpc) is 2.47. The Labute approximate surface area is 127 Å². The van der Waals surface area contributed by atoms with Crippen molar-refractivity contribution >= 4 is 0 Å². The number of aliphatic hydroxyl groups is 1. The molecule has 4 nitrogen and oxygen atoms in total. The fraction of sp³-hybridized carbons (Fsp3) is 0.588. The SMILES string of the molecule is CC(C)NC(C)(C#N)CCCCOc1ccc(CO)cc1. The molecular weight excluding hydrogens is 264 g/mol. The van der Waals surface area contributed by atoms with Crippen LogP contribution < -0.4 is 10.1 Å². The van der Waals surface area contributed by atoms with E-state index in [0.717, 1.165) is 30.6 Å². The van der Waals surface area contributed by atoms with Crippen molar-refractivity contribution in [2.75, 3.05) is 6.61 Å². The minimum absolute atomic E-state index is 0.0515. The van der Waals surface area contributed by atoms with Crippen LogP contribution in [0.15, 0.2) is 24.3 Å². The number of nitrogens with one attached hydrogen (secondary N) is 1. The van der Waals surface area contributed by atoms with Gasteiger partial charge in [0, 0.05) is 6.04 Å². The summed E-state index contributed by atoms with van der Waals surface area (Å²) in [5, 5.41) is 21.5. The maximum atomic E-state index is 9.25. The minimum Gasteiger partial charge on any atom is -0.494 e. The number of ether oxygens (including phenoxy) is 1. The largest absolute Gasteiger partial charge is 0.494 e. The molecule has 4 heteroatoms. The number of hydrogen-bond donors (Lipinski definition) is 2. The molecule has 116 valence electrons. The second kappa shape index (κ2) is 8.66. The Balaban J connectivity index is 2.26. The van der Waals surface area contributed by atoms with Gasteiger partial charge in [0.05, 0.1) is 19.3 Å². The molecule has 1 rings (SSSR count). The number of aliphatic hydroxyl groups excluding tert-OH is 1. The van der Waals surface area contributed by atoms with Crippen molar-refractivity contribution < 1.29 is 9.84 Å². The van der Waals surface area contributed by atoms with Crippen LogP contribution in [0, 0.1) is 11.3 Å².